The number of rotatable bonds is 5. The number of phenolic OH excluding ortho intramolecular Hbond substituents is 1. The molecule has 2 rings (SSSR count). The summed E-state index contributed by atoms with van der Waals surface area (Å²) < 4.78 is 1.35. The van der Waals surface area contributed by atoms with Crippen LogP contribution in [0.2, 0.25) is 0 Å². The van der Waals surface area contributed by atoms with E-state index in [1.807, 2.05) is 6.92 Å². The summed E-state index contributed by atoms with van der Waals surface area (Å²) in [5.74, 6) is -1.34. The first-order valence-electron chi connectivity index (χ1n) is 6.90. The van der Waals surface area contributed by atoms with E-state index in [2.05, 4.69) is 10.4 Å². The second-order valence-corrected chi connectivity index (χ2v) is 4.88. The predicted octanol–water partition coefficient (Wildman–Crippen LogP) is 1.43. The van der Waals surface area contributed by atoms with Gasteiger partial charge in [0.05, 0.1) is 16.9 Å². The van der Waals surface area contributed by atoms with Crippen LogP contribution in [-0.4, -0.2) is 26.7 Å². The van der Waals surface area contributed by atoms with E-state index in [-0.39, 0.29) is 17.0 Å². The largest absolute Gasteiger partial charge is 0.507 e. The van der Waals surface area contributed by atoms with Gasteiger partial charge in [-0.3, -0.25) is 14.3 Å². The molecule has 0 saturated heterocycles. The Hall–Kier alpha value is -2.83. The van der Waals surface area contributed by atoms with Crippen molar-refractivity contribution in [3.8, 4) is 5.75 Å². The molecule has 1 aromatic heterocycles. The van der Waals surface area contributed by atoms with Crippen molar-refractivity contribution in [3.05, 3.63) is 41.2 Å². The Morgan fingerprint density at radius 2 is 2.05 bits per heavy atom. The number of anilines is 1. The van der Waals surface area contributed by atoms with E-state index >= 15 is 0 Å². The second kappa shape index (κ2) is 6.30. The maximum absolute atomic E-state index is 12.3. The fraction of sp³-hybridized carbons (Fsp3) is 0.267. The highest BCUT2D eigenvalue weighted by atomic mass is 16.3. The third-order valence-electron chi connectivity index (χ3n) is 3.23. The number of phenols is 1. The van der Waals surface area contributed by atoms with Crippen molar-refractivity contribution < 1.29 is 14.7 Å². The van der Waals surface area contributed by atoms with Crippen LogP contribution in [0, 0.1) is 0 Å². The summed E-state index contributed by atoms with van der Waals surface area (Å²) >= 11 is 0. The highest BCUT2D eigenvalue weighted by Gasteiger charge is 2.22. The van der Waals surface area contributed by atoms with E-state index in [9.17, 15) is 14.7 Å². The minimum absolute atomic E-state index is 0.115. The molecule has 0 unspecified atom stereocenters. The smallest absolute Gasteiger partial charge is 0.269 e. The quantitative estimate of drug-likeness (QED) is 0.776. The molecule has 0 aliphatic carbocycles. The number of aryl methyl sites for hydroxylation is 2. The lowest BCUT2D eigenvalue weighted by atomic mass is 10.1. The molecule has 1 aromatic carbocycles. The minimum atomic E-state index is -0.676. The molecule has 0 fully saturated rings. The third-order valence-corrected chi connectivity index (χ3v) is 3.23. The van der Waals surface area contributed by atoms with Crippen LogP contribution in [0.5, 0.6) is 5.75 Å². The Morgan fingerprint density at radius 3 is 2.64 bits per heavy atom. The van der Waals surface area contributed by atoms with Crippen LogP contribution >= 0.6 is 0 Å². The number of hydrogen-bond acceptors (Lipinski definition) is 4. The number of primary amides is 1. The van der Waals surface area contributed by atoms with E-state index < -0.39 is 11.8 Å². The van der Waals surface area contributed by atoms with Crippen LogP contribution in [-0.2, 0) is 13.5 Å². The van der Waals surface area contributed by atoms with Crippen molar-refractivity contribution in [1.82, 2.24) is 9.78 Å². The number of hydrogen-bond donors (Lipinski definition) is 3. The summed E-state index contributed by atoms with van der Waals surface area (Å²) in [6, 6.07) is 6.16. The molecule has 0 saturated carbocycles. The SMILES string of the molecule is CCCc1nn(C)c(C(N)=O)c1NC(=O)c1ccccc1O. The first kappa shape index (κ1) is 15.6. The zero-order chi connectivity index (χ0) is 16.3. The topological polar surface area (TPSA) is 110 Å². The Kier molecular flexibility index (Phi) is 4.45. The number of carbonyl (C=O) groups excluding carboxylic acids is 2. The van der Waals surface area contributed by atoms with Crippen molar-refractivity contribution in [3.63, 3.8) is 0 Å². The maximum Gasteiger partial charge on any atom is 0.269 e. The molecule has 1 heterocycles. The van der Waals surface area contributed by atoms with Gasteiger partial charge in [-0.05, 0) is 18.6 Å². The molecule has 7 nitrogen and oxygen atoms in total. The van der Waals surface area contributed by atoms with Gasteiger partial charge in [0.1, 0.15) is 11.4 Å². The Morgan fingerprint density at radius 1 is 1.36 bits per heavy atom. The average molecular weight is 302 g/mol. The van der Waals surface area contributed by atoms with Crippen molar-refractivity contribution >= 4 is 17.5 Å². The molecule has 0 radical (unpaired) electrons. The first-order chi connectivity index (χ1) is 10.5. The Labute approximate surface area is 127 Å². The van der Waals surface area contributed by atoms with E-state index in [4.69, 9.17) is 5.73 Å². The molecule has 2 amide bonds. The third kappa shape index (κ3) is 2.93. The summed E-state index contributed by atoms with van der Waals surface area (Å²) in [7, 11) is 1.59. The van der Waals surface area contributed by atoms with Gasteiger partial charge < -0.3 is 16.2 Å². The molecule has 2 aromatic rings. The standard InChI is InChI=1S/C15H18N4O3/c1-3-6-10-12(13(14(16)21)19(2)18-10)17-15(22)9-7-4-5-8-11(9)20/h4-5,7-8,20H,3,6H2,1-2H3,(H2,16,21)(H,17,22). The van der Waals surface area contributed by atoms with Crippen molar-refractivity contribution in [2.24, 2.45) is 12.8 Å². The highest BCUT2D eigenvalue weighted by molar-refractivity contribution is 6.09. The molecule has 4 N–H and O–H groups in total. The molecule has 0 spiro atoms. The molecule has 0 bridgehead atoms. The van der Waals surface area contributed by atoms with E-state index in [0.717, 1.165) is 6.42 Å². The van der Waals surface area contributed by atoms with Crippen LogP contribution in [0.1, 0.15) is 39.9 Å². The predicted molar refractivity (Wildman–Crippen MR) is 81.8 cm³/mol. The number of nitrogens with two attached hydrogens (primary N) is 1. The number of amides is 2. The number of aromatic nitrogens is 2. The van der Waals surface area contributed by atoms with Crippen molar-refractivity contribution in [2.75, 3.05) is 5.32 Å². The van der Waals surface area contributed by atoms with Crippen LogP contribution in [0.3, 0.4) is 0 Å². The number of nitrogens with zero attached hydrogens (tertiary/aromatic N) is 2. The van der Waals surface area contributed by atoms with Crippen LogP contribution in [0.4, 0.5) is 5.69 Å². The number of para-hydroxylation sites is 1. The minimum Gasteiger partial charge on any atom is -0.507 e. The lowest BCUT2D eigenvalue weighted by Crippen LogP contribution is -2.20. The molecule has 0 atom stereocenters. The summed E-state index contributed by atoms with van der Waals surface area (Å²) in [5, 5.41) is 16.6. The van der Waals surface area contributed by atoms with Crippen molar-refractivity contribution in [1.29, 1.82) is 0 Å². The second-order valence-electron chi connectivity index (χ2n) is 4.88. The van der Waals surface area contributed by atoms with E-state index in [1.165, 1.54) is 16.8 Å². The van der Waals surface area contributed by atoms with Gasteiger partial charge in [-0.1, -0.05) is 25.5 Å². The molecule has 0 aliphatic heterocycles. The number of benzene rings is 1. The van der Waals surface area contributed by atoms with E-state index in [1.54, 1.807) is 19.2 Å². The van der Waals surface area contributed by atoms with Gasteiger partial charge in [0.25, 0.3) is 11.8 Å². The number of carbonyl (C=O) groups is 2. The molecule has 116 valence electrons. The van der Waals surface area contributed by atoms with Gasteiger partial charge in [0.15, 0.2) is 0 Å². The molecule has 7 heteroatoms. The zero-order valence-electron chi connectivity index (χ0n) is 12.5. The summed E-state index contributed by atoms with van der Waals surface area (Å²) in [6.07, 6.45) is 1.40. The lowest BCUT2D eigenvalue weighted by Gasteiger charge is -2.08. The Bertz CT molecular complexity index is 722. The van der Waals surface area contributed by atoms with Crippen molar-refractivity contribution in [2.45, 2.75) is 19.8 Å². The monoisotopic (exact) mass is 302 g/mol. The molecular weight excluding hydrogens is 284 g/mol. The maximum atomic E-state index is 12.3. The first-order valence-corrected chi connectivity index (χ1v) is 6.90. The molecule has 22 heavy (non-hydrogen) atoms. The number of nitrogens with one attached hydrogen (secondary N) is 1. The Balaban J connectivity index is 2.42. The zero-order valence-corrected chi connectivity index (χ0v) is 12.5. The lowest BCUT2D eigenvalue weighted by molar-refractivity contribution is 0.0992. The van der Waals surface area contributed by atoms with Crippen LogP contribution in [0.25, 0.3) is 0 Å². The van der Waals surface area contributed by atoms with Gasteiger partial charge in [0.2, 0.25) is 0 Å². The molecule has 0 aliphatic rings. The number of aromatic hydroxyl groups is 1. The fourth-order valence-electron chi connectivity index (χ4n) is 2.25. The van der Waals surface area contributed by atoms with Gasteiger partial charge in [0, 0.05) is 7.05 Å². The van der Waals surface area contributed by atoms with E-state index in [0.29, 0.717) is 17.8 Å². The normalized spacial score (nSPS) is 10.5. The van der Waals surface area contributed by atoms with Gasteiger partial charge >= 0.3 is 0 Å². The van der Waals surface area contributed by atoms with Crippen LogP contribution < -0.4 is 11.1 Å². The summed E-state index contributed by atoms with van der Waals surface area (Å²) in [5.41, 5.74) is 6.50. The highest BCUT2D eigenvalue weighted by Crippen LogP contribution is 2.24. The summed E-state index contributed by atoms with van der Waals surface area (Å²) in [6.45, 7) is 1.97. The van der Waals surface area contributed by atoms with Gasteiger partial charge in [-0.15, -0.1) is 0 Å². The van der Waals surface area contributed by atoms with Gasteiger partial charge in [-0.25, -0.2) is 0 Å². The average Bonchev–Trinajstić information content (AvgIpc) is 2.75. The van der Waals surface area contributed by atoms with Crippen LogP contribution in [0.15, 0.2) is 24.3 Å². The summed E-state index contributed by atoms with van der Waals surface area (Å²) in [4.78, 5) is 23.9. The van der Waals surface area contributed by atoms with Gasteiger partial charge in [-0.2, -0.15) is 5.10 Å². The molecular formula is C15H18N4O3. The fourth-order valence-corrected chi connectivity index (χ4v) is 2.25.